The van der Waals surface area contributed by atoms with Crippen LogP contribution in [-0.4, -0.2) is 37.7 Å². The van der Waals surface area contributed by atoms with Gasteiger partial charge in [0.2, 0.25) is 0 Å². The first-order valence-corrected chi connectivity index (χ1v) is 7.07. The number of hydrogen-bond donors (Lipinski definition) is 2. The Hall–Kier alpha value is -1.14. The minimum Gasteiger partial charge on any atom is -0.382 e. The molecule has 0 atom stereocenters. The van der Waals surface area contributed by atoms with Crippen molar-refractivity contribution in [3.05, 3.63) is 16.1 Å². The van der Waals surface area contributed by atoms with Crippen LogP contribution < -0.4 is 10.6 Å². The van der Waals surface area contributed by atoms with E-state index in [0.29, 0.717) is 0 Å². The van der Waals surface area contributed by atoms with E-state index in [2.05, 4.69) is 20.6 Å². The molecule has 1 aromatic rings. The van der Waals surface area contributed by atoms with E-state index in [4.69, 9.17) is 4.74 Å². The van der Waals surface area contributed by atoms with Gasteiger partial charge in [-0.25, -0.2) is 4.98 Å². The van der Waals surface area contributed by atoms with E-state index in [-0.39, 0.29) is 0 Å². The molecule has 18 heavy (non-hydrogen) atoms. The first-order chi connectivity index (χ1) is 8.77. The first kappa shape index (κ1) is 14.9. The largest absolute Gasteiger partial charge is 0.382 e. The summed E-state index contributed by atoms with van der Waals surface area (Å²) in [5, 5.41) is 6.53. The molecule has 5 nitrogen and oxygen atoms in total. The van der Waals surface area contributed by atoms with Crippen molar-refractivity contribution in [1.82, 2.24) is 15.6 Å². The highest BCUT2D eigenvalue weighted by Crippen LogP contribution is 2.10. The van der Waals surface area contributed by atoms with Crippen LogP contribution in [0.5, 0.6) is 0 Å². The summed E-state index contributed by atoms with van der Waals surface area (Å²) in [5.41, 5.74) is 2.95. The fraction of sp³-hybridized carbons (Fsp3) is 0.667. The zero-order valence-electron chi connectivity index (χ0n) is 11.3. The van der Waals surface area contributed by atoms with Crippen molar-refractivity contribution in [2.24, 2.45) is 4.99 Å². The lowest BCUT2D eigenvalue weighted by Gasteiger charge is -2.11. The third kappa shape index (κ3) is 5.46. The predicted molar refractivity (Wildman–Crippen MR) is 76.2 cm³/mol. The molecule has 0 aliphatic carbocycles. The summed E-state index contributed by atoms with van der Waals surface area (Å²) in [5.74, 6) is 0.819. The fourth-order valence-corrected chi connectivity index (χ4v) is 2.12. The second-order valence-corrected chi connectivity index (χ2v) is 4.70. The molecule has 0 spiro atoms. The Kier molecular flexibility index (Phi) is 7.36. The molecular weight excluding hydrogens is 248 g/mol. The standard InChI is InChI=1S/C12H22N4OS/c1-4-17-7-5-6-14-12(13-3)15-8-11-10(2)16-9-18-11/h9H,4-8H2,1-3H3,(H2,13,14,15). The van der Waals surface area contributed by atoms with Crippen LogP contribution in [0.15, 0.2) is 10.5 Å². The van der Waals surface area contributed by atoms with Crippen molar-refractivity contribution >= 4 is 17.3 Å². The van der Waals surface area contributed by atoms with E-state index in [1.54, 1.807) is 18.4 Å². The van der Waals surface area contributed by atoms with Crippen LogP contribution in [0.4, 0.5) is 0 Å². The average Bonchev–Trinajstić information content (AvgIpc) is 2.78. The van der Waals surface area contributed by atoms with E-state index in [0.717, 1.165) is 44.4 Å². The highest BCUT2D eigenvalue weighted by atomic mass is 32.1. The molecule has 0 unspecified atom stereocenters. The Bertz CT molecular complexity index is 365. The number of nitrogens with one attached hydrogen (secondary N) is 2. The molecule has 0 bridgehead atoms. The van der Waals surface area contributed by atoms with Crippen LogP contribution in [0.25, 0.3) is 0 Å². The Balaban J connectivity index is 2.20. The van der Waals surface area contributed by atoms with Gasteiger partial charge < -0.3 is 15.4 Å². The SMILES string of the molecule is CCOCCCNC(=NC)NCc1scnc1C. The summed E-state index contributed by atoms with van der Waals surface area (Å²) in [4.78, 5) is 9.63. The van der Waals surface area contributed by atoms with E-state index < -0.39 is 0 Å². The molecule has 0 aromatic carbocycles. The summed E-state index contributed by atoms with van der Waals surface area (Å²) in [6.45, 7) is 7.21. The maximum Gasteiger partial charge on any atom is 0.191 e. The molecule has 0 saturated heterocycles. The maximum absolute atomic E-state index is 5.28. The molecule has 0 saturated carbocycles. The molecular formula is C12H22N4OS. The normalized spacial score (nSPS) is 11.6. The quantitative estimate of drug-likeness (QED) is 0.448. The molecule has 0 fully saturated rings. The summed E-state index contributed by atoms with van der Waals surface area (Å²) in [7, 11) is 1.78. The second kappa shape index (κ2) is 8.88. The Labute approximate surface area is 113 Å². The fourth-order valence-electron chi connectivity index (χ4n) is 1.41. The van der Waals surface area contributed by atoms with Gasteiger partial charge >= 0.3 is 0 Å². The van der Waals surface area contributed by atoms with Gasteiger partial charge in [-0.15, -0.1) is 11.3 Å². The molecule has 0 amide bonds. The highest BCUT2D eigenvalue weighted by molar-refractivity contribution is 7.09. The minimum atomic E-state index is 0.766. The van der Waals surface area contributed by atoms with Gasteiger partial charge in [-0.2, -0.15) is 0 Å². The summed E-state index contributed by atoms with van der Waals surface area (Å²) < 4.78 is 5.28. The molecule has 0 aliphatic rings. The number of thiazole rings is 1. The number of nitrogens with zero attached hydrogens (tertiary/aromatic N) is 2. The van der Waals surface area contributed by atoms with Gasteiger partial charge in [0.05, 0.1) is 17.7 Å². The second-order valence-electron chi connectivity index (χ2n) is 3.76. The maximum atomic E-state index is 5.28. The number of aliphatic imine (C=N–C) groups is 1. The van der Waals surface area contributed by atoms with Crippen molar-refractivity contribution in [2.45, 2.75) is 26.8 Å². The van der Waals surface area contributed by atoms with E-state index in [9.17, 15) is 0 Å². The van der Waals surface area contributed by atoms with Gasteiger partial charge in [-0.1, -0.05) is 0 Å². The number of ether oxygens (including phenoxy) is 1. The number of aromatic nitrogens is 1. The Morgan fingerprint density at radius 2 is 2.33 bits per heavy atom. The lowest BCUT2D eigenvalue weighted by molar-refractivity contribution is 0.145. The van der Waals surface area contributed by atoms with Crippen LogP contribution in [-0.2, 0) is 11.3 Å². The lowest BCUT2D eigenvalue weighted by Crippen LogP contribution is -2.37. The molecule has 0 radical (unpaired) electrons. The van der Waals surface area contributed by atoms with Crippen molar-refractivity contribution in [1.29, 1.82) is 0 Å². The zero-order valence-corrected chi connectivity index (χ0v) is 12.1. The number of rotatable bonds is 7. The van der Waals surface area contributed by atoms with Crippen LogP contribution in [0.2, 0.25) is 0 Å². The zero-order chi connectivity index (χ0) is 13.2. The summed E-state index contributed by atoms with van der Waals surface area (Å²) >= 11 is 1.66. The van der Waals surface area contributed by atoms with E-state index in [1.165, 1.54) is 4.88 Å². The molecule has 102 valence electrons. The van der Waals surface area contributed by atoms with Gasteiger partial charge in [-0.05, 0) is 20.3 Å². The van der Waals surface area contributed by atoms with Gasteiger partial charge in [-0.3, -0.25) is 4.99 Å². The smallest absolute Gasteiger partial charge is 0.191 e. The summed E-state index contributed by atoms with van der Waals surface area (Å²) in [6, 6.07) is 0. The number of aryl methyl sites for hydroxylation is 1. The third-order valence-corrected chi connectivity index (χ3v) is 3.38. The molecule has 1 rings (SSSR count). The number of hydrogen-bond acceptors (Lipinski definition) is 4. The minimum absolute atomic E-state index is 0.766. The van der Waals surface area contributed by atoms with E-state index >= 15 is 0 Å². The molecule has 6 heteroatoms. The molecule has 1 heterocycles. The molecule has 2 N–H and O–H groups in total. The van der Waals surface area contributed by atoms with Gasteiger partial charge in [0.1, 0.15) is 0 Å². The highest BCUT2D eigenvalue weighted by Gasteiger charge is 2.02. The third-order valence-electron chi connectivity index (χ3n) is 2.45. The molecule has 0 aliphatic heterocycles. The van der Waals surface area contributed by atoms with Crippen LogP contribution in [0.1, 0.15) is 23.9 Å². The van der Waals surface area contributed by atoms with Gasteiger partial charge in [0, 0.05) is 31.7 Å². The molecule has 1 aromatic heterocycles. The van der Waals surface area contributed by atoms with Gasteiger partial charge in [0.25, 0.3) is 0 Å². The topological polar surface area (TPSA) is 58.5 Å². The van der Waals surface area contributed by atoms with Gasteiger partial charge in [0.15, 0.2) is 5.96 Å². The monoisotopic (exact) mass is 270 g/mol. The summed E-state index contributed by atoms with van der Waals surface area (Å²) in [6.07, 6.45) is 0.980. The number of guanidine groups is 1. The van der Waals surface area contributed by atoms with E-state index in [1.807, 2.05) is 19.4 Å². The van der Waals surface area contributed by atoms with Crippen LogP contribution >= 0.6 is 11.3 Å². The Morgan fingerprint density at radius 3 is 2.94 bits per heavy atom. The van der Waals surface area contributed by atoms with Crippen LogP contribution in [0, 0.1) is 6.92 Å². The average molecular weight is 270 g/mol. The lowest BCUT2D eigenvalue weighted by atomic mass is 10.4. The Morgan fingerprint density at radius 1 is 1.50 bits per heavy atom. The van der Waals surface area contributed by atoms with Crippen LogP contribution in [0.3, 0.4) is 0 Å². The van der Waals surface area contributed by atoms with Crippen molar-refractivity contribution < 1.29 is 4.74 Å². The predicted octanol–water partition coefficient (Wildman–Crippen LogP) is 1.54. The van der Waals surface area contributed by atoms with Crippen molar-refractivity contribution in [2.75, 3.05) is 26.8 Å². The first-order valence-electron chi connectivity index (χ1n) is 6.19. The van der Waals surface area contributed by atoms with Crippen molar-refractivity contribution in [3.8, 4) is 0 Å². The van der Waals surface area contributed by atoms with Crippen molar-refractivity contribution in [3.63, 3.8) is 0 Å².